The molecule has 0 saturated heterocycles. The lowest BCUT2D eigenvalue weighted by Crippen LogP contribution is -2.10. The van der Waals surface area contributed by atoms with Gasteiger partial charge in [0.05, 0.1) is 7.11 Å². The molecule has 0 aliphatic rings. The summed E-state index contributed by atoms with van der Waals surface area (Å²) in [7, 11) is 4.40. The van der Waals surface area contributed by atoms with Gasteiger partial charge in [0.1, 0.15) is 0 Å². The van der Waals surface area contributed by atoms with Crippen LogP contribution >= 0.6 is 0 Å². The summed E-state index contributed by atoms with van der Waals surface area (Å²) in [5.41, 5.74) is 1.79. The molecular weight excluding hydrogens is 210 g/mol. The summed E-state index contributed by atoms with van der Waals surface area (Å²) in [5, 5.41) is 0. The molecule has 0 spiro atoms. The van der Waals surface area contributed by atoms with Crippen LogP contribution < -0.4 is 0 Å². The maximum atomic E-state index is 11.3. The Morgan fingerprint density at radius 3 is 2.38 bits per heavy atom. The van der Waals surface area contributed by atoms with Crippen LogP contribution in [0.2, 0.25) is 0 Å². The van der Waals surface area contributed by atoms with Crippen LogP contribution in [0.5, 0.6) is 0 Å². The van der Waals surface area contributed by atoms with E-state index in [1.54, 1.807) is 13.0 Å². The highest BCUT2D eigenvalue weighted by Gasteiger charge is 2.15. The molecule has 0 fully saturated rings. The van der Waals surface area contributed by atoms with Gasteiger partial charge in [-0.25, -0.2) is 9.78 Å². The predicted octanol–water partition coefficient (Wildman–Crippen LogP) is 1.47. The maximum absolute atomic E-state index is 11.3. The van der Waals surface area contributed by atoms with Gasteiger partial charge >= 0.3 is 5.97 Å². The minimum Gasteiger partial charge on any atom is -0.464 e. The highest BCUT2D eigenvalue weighted by atomic mass is 16.7. The molecule has 16 heavy (non-hydrogen) atoms. The first kappa shape index (κ1) is 12.6. The molecule has 0 saturated carbocycles. The average molecular weight is 225 g/mol. The van der Waals surface area contributed by atoms with Crippen LogP contribution in [0.25, 0.3) is 0 Å². The van der Waals surface area contributed by atoms with Crippen LogP contribution in [0, 0.1) is 6.92 Å². The Labute approximate surface area is 94.3 Å². The molecule has 0 unspecified atom stereocenters. The Balaban J connectivity index is 3.03. The first-order valence-electron chi connectivity index (χ1n) is 4.74. The third kappa shape index (κ3) is 2.56. The van der Waals surface area contributed by atoms with Gasteiger partial charge in [0, 0.05) is 26.0 Å². The summed E-state index contributed by atoms with van der Waals surface area (Å²) in [6.45, 7) is 1.78. The first-order valence-corrected chi connectivity index (χ1v) is 4.74. The van der Waals surface area contributed by atoms with Crippen molar-refractivity contribution in [2.75, 3.05) is 21.3 Å². The maximum Gasteiger partial charge on any atom is 0.356 e. The number of aromatic nitrogens is 1. The van der Waals surface area contributed by atoms with E-state index in [-0.39, 0.29) is 0 Å². The largest absolute Gasteiger partial charge is 0.464 e. The number of ether oxygens (including phenoxy) is 3. The van der Waals surface area contributed by atoms with Crippen molar-refractivity contribution in [1.82, 2.24) is 4.98 Å². The molecule has 1 aromatic rings. The van der Waals surface area contributed by atoms with E-state index < -0.39 is 12.3 Å². The van der Waals surface area contributed by atoms with E-state index in [0.29, 0.717) is 5.69 Å². The van der Waals surface area contributed by atoms with Gasteiger partial charge in [-0.1, -0.05) is 0 Å². The number of methoxy groups -OCH3 is 3. The minimum atomic E-state index is -0.474. The molecule has 0 bridgehead atoms. The second kappa shape index (κ2) is 5.58. The van der Waals surface area contributed by atoms with Crippen LogP contribution in [0.15, 0.2) is 12.3 Å². The third-order valence-electron chi connectivity index (χ3n) is 2.18. The number of pyridine rings is 1. The zero-order valence-electron chi connectivity index (χ0n) is 9.81. The van der Waals surface area contributed by atoms with Crippen molar-refractivity contribution in [1.29, 1.82) is 0 Å². The molecule has 88 valence electrons. The van der Waals surface area contributed by atoms with Gasteiger partial charge in [0.25, 0.3) is 0 Å². The van der Waals surface area contributed by atoms with E-state index in [1.165, 1.54) is 27.5 Å². The highest BCUT2D eigenvalue weighted by Crippen LogP contribution is 2.18. The molecule has 0 aliphatic heterocycles. The second-order valence-corrected chi connectivity index (χ2v) is 3.23. The number of carbonyl (C=O) groups is 1. The molecule has 1 heterocycles. The molecule has 1 aromatic heterocycles. The molecule has 5 heteroatoms. The topological polar surface area (TPSA) is 57.7 Å². The molecule has 0 N–H and O–H groups in total. The van der Waals surface area contributed by atoms with Crippen molar-refractivity contribution in [2.24, 2.45) is 0 Å². The quantitative estimate of drug-likeness (QED) is 0.573. The highest BCUT2D eigenvalue weighted by molar-refractivity contribution is 5.88. The first-order chi connectivity index (χ1) is 7.63. The van der Waals surface area contributed by atoms with Gasteiger partial charge in [-0.15, -0.1) is 0 Å². The second-order valence-electron chi connectivity index (χ2n) is 3.23. The Morgan fingerprint density at radius 1 is 1.31 bits per heavy atom. The zero-order chi connectivity index (χ0) is 12.1. The fourth-order valence-electron chi connectivity index (χ4n) is 1.40. The normalized spacial score (nSPS) is 10.6. The van der Waals surface area contributed by atoms with Crippen molar-refractivity contribution in [2.45, 2.75) is 13.2 Å². The van der Waals surface area contributed by atoms with Gasteiger partial charge in [0.15, 0.2) is 12.0 Å². The summed E-state index contributed by atoms with van der Waals surface area (Å²) in [6, 6.07) is 1.79. The van der Waals surface area contributed by atoms with Gasteiger partial charge in [-0.05, 0) is 18.6 Å². The Morgan fingerprint density at radius 2 is 1.94 bits per heavy atom. The lowest BCUT2D eigenvalue weighted by molar-refractivity contribution is -0.106. The zero-order valence-corrected chi connectivity index (χ0v) is 9.81. The number of rotatable bonds is 4. The van der Waals surface area contributed by atoms with Gasteiger partial charge in [0.2, 0.25) is 0 Å². The molecular formula is C11H15NO4. The average Bonchev–Trinajstić information content (AvgIpc) is 2.30. The van der Waals surface area contributed by atoms with Crippen molar-refractivity contribution < 1.29 is 19.0 Å². The summed E-state index contributed by atoms with van der Waals surface area (Å²) in [5.74, 6) is -0.449. The van der Waals surface area contributed by atoms with Gasteiger partial charge in [-0.3, -0.25) is 0 Å². The van der Waals surface area contributed by atoms with Crippen molar-refractivity contribution in [3.63, 3.8) is 0 Å². The number of hydrogen-bond acceptors (Lipinski definition) is 5. The molecule has 0 amide bonds. The SMILES string of the molecule is COC(=O)c1ncc(C(OC)OC)cc1C. The van der Waals surface area contributed by atoms with Crippen LogP contribution in [-0.4, -0.2) is 32.3 Å². The van der Waals surface area contributed by atoms with E-state index in [1.807, 2.05) is 0 Å². The Bertz CT molecular complexity index is 374. The molecule has 0 aromatic carbocycles. The smallest absolute Gasteiger partial charge is 0.356 e. The number of hydrogen-bond donors (Lipinski definition) is 0. The predicted molar refractivity (Wildman–Crippen MR) is 57.1 cm³/mol. The number of esters is 1. The van der Waals surface area contributed by atoms with Crippen LogP contribution in [0.4, 0.5) is 0 Å². The lowest BCUT2D eigenvalue weighted by Gasteiger charge is -2.14. The summed E-state index contributed by atoms with van der Waals surface area (Å²) in [4.78, 5) is 15.3. The van der Waals surface area contributed by atoms with Crippen LogP contribution in [-0.2, 0) is 14.2 Å². The lowest BCUT2D eigenvalue weighted by atomic mass is 10.1. The monoisotopic (exact) mass is 225 g/mol. The molecule has 1 rings (SSSR count). The van der Waals surface area contributed by atoms with E-state index in [0.717, 1.165) is 11.1 Å². The fourth-order valence-corrected chi connectivity index (χ4v) is 1.40. The third-order valence-corrected chi connectivity index (χ3v) is 2.18. The fraction of sp³-hybridized carbons (Fsp3) is 0.455. The van der Waals surface area contributed by atoms with E-state index in [2.05, 4.69) is 9.72 Å². The van der Waals surface area contributed by atoms with E-state index in [4.69, 9.17) is 9.47 Å². The Kier molecular flexibility index (Phi) is 4.39. The summed E-state index contributed by atoms with van der Waals surface area (Å²) >= 11 is 0. The molecule has 5 nitrogen and oxygen atoms in total. The molecule has 0 aliphatic carbocycles. The van der Waals surface area contributed by atoms with Gasteiger partial charge in [-0.2, -0.15) is 0 Å². The van der Waals surface area contributed by atoms with Crippen LogP contribution in [0.3, 0.4) is 0 Å². The number of aryl methyl sites for hydroxylation is 1. The Hall–Kier alpha value is -1.46. The summed E-state index contributed by atoms with van der Waals surface area (Å²) in [6.07, 6.45) is 1.06. The standard InChI is InChI=1S/C11H15NO4/c1-7-5-8(11(15-3)16-4)6-12-9(7)10(13)14-2/h5-6,11H,1-4H3. The van der Waals surface area contributed by atoms with E-state index >= 15 is 0 Å². The van der Waals surface area contributed by atoms with E-state index in [9.17, 15) is 4.79 Å². The van der Waals surface area contributed by atoms with Crippen molar-refractivity contribution >= 4 is 5.97 Å². The van der Waals surface area contributed by atoms with Crippen LogP contribution in [0.1, 0.15) is 27.9 Å². The molecule has 0 radical (unpaired) electrons. The summed E-state index contributed by atoms with van der Waals surface area (Å²) < 4.78 is 14.8. The number of nitrogens with zero attached hydrogens (tertiary/aromatic N) is 1. The van der Waals surface area contributed by atoms with Crippen molar-refractivity contribution in [3.05, 3.63) is 29.1 Å². The minimum absolute atomic E-state index is 0.303. The van der Waals surface area contributed by atoms with Gasteiger partial charge < -0.3 is 14.2 Å². The van der Waals surface area contributed by atoms with Crippen molar-refractivity contribution in [3.8, 4) is 0 Å². The number of carbonyl (C=O) groups excluding carboxylic acids is 1. The molecule has 0 atom stereocenters.